The van der Waals surface area contributed by atoms with Crippen LogP contribution in [0.1, 0.15) is 5.56 Å². The van der Waals surface area contributed by atoms with Gasteiger partial charge in [0.1, 0.15) is 10.5 Å². The lowest BCUT2D eigenvalue weighted by Gasteiger charge is -2.00. The Morgan fingerprint density at radius 3 is 2.69 bits per heavy atom. The number of benzene rings is 1. The third-order valence-electron chi connectivity index (χ3n) is 1.46. The molecule has 0 heterocycles. The molecule has 0 bridgehead atoms. The minimum Gasteiger partial charge on any atom is -0.398 e. The van der Waals surface area contributed by atoms with E-state index in [0.29, 0.717) is 0 Å². The zero-order valence-electron chi connectivity index (χ0n) is 6.32. The fraction of sp³-hybridized carbons (Fsp3) is 0. The van der Waals surface area contributed by atoms with E-state index in [-0.39, 0.29) is 21.4 Å². The van der Waals surface area contributed by atoms with Crippen LogP contribution in [-0.4, -0.2) is 4.92 Å². The van der Waals surface area contributed by atoms with Gasteiger partial charge in [-0.05, 0) is 22.0 Å². The average Bonchev–Trinajstić information content (AvgIpc) is 2.04. The second-order valence-corrected chi connectivity index (χ2v) is 3.02. The lowest BCUT2D eigenvalue weighted by Crippen LogP contribution is -1.96. The molecule has 2 N–H and O–H groups in total. The number of nitrogen functional groups attached to an aromatic ring is 1. The van der Waals surface area contributed by atoms with Crippen LogP contribution in [-0.2, 0) is 0 Å². The Bertz CT molecular complexity index is 411. The second-order valence-electron chi connectivity index (χ2n) is 2.23. The molecular weight excluding hydrogens is 238 g/mol. The summed E-state index contributed by atoms with van der Waals surface area (Å²) in [6, 6.07) is 4.37. The Labute approximate surface area is 82.0 Å². The molecule has 0 saturated carbocycles. The average molecular weight is 242 g/mol. The van der Waals surface area contributed by atoms with Crippen molar-refractivity contribution in [2.45, 2.75) is 0 Å². The van der Waals surface area contributed by atoms with Crippen LogP contribution in [0.2, 0.25) is 0 Å². The summed E-state index contributed by atoms with van der Waals surface area (Å²) in [6.07, 6.45) is 0. The number of hydrogen-bond acceptors (Lipinski definition) is 4. The van der Waals surface area contributed by atoms with Gasteiger partial charge in [-0.3, -0.25) is 10.1 Å². The molecule has 1 rings (SSSR count). The maximum Gasteiger partial charge on any atom is 0.285 e. The number of nitro benzene ring substituents is 1. The highest BCUT2D eigenvalue weighted by molar-refractivity contribution is 9.10. The summed E-state index contributed by atoms with van der Waals surface area (Å²) in [6.45, 7) is 0. The first-order chi connectivity index (χ1) is 6.07. The van der Waals surface area contributed by atoms with Crippen LogP contribution in [0.5, 0.6) is 0 Å². The minimum absolute atomic E-state index is 0.0919. The smallest absolute Gasteiger partial charge is 0.285 e. The molecule has 0 aliphatic heterocycles. The van der Waals surface area contributed by atoms with E-state index in [1.165, 1.54) is 12.1 Å². The van der Waals surface area contributed by atoms with Gasteiger partial charge in [-0.2, -0.15) is 5.26 Å². The van der Waals surface area contributed by atoms with E-state index in [9.17, 15) is 10.1 Å². The first-order valence-electron chi connectivity index (χ1n) is 3.20. The molecule has 0 spiro atoms. The first kappa shape index (κ1) is 9.48. The van der Waals surface area contributed by atoms with E-state index in [0.717, 1.165) is 0 Å². The molecule has 0 unspecified atom stereocenters. The molecule has 0 amide bonds. The van der Waals surface area contributed by atoms with E-state index in [1.54, 1.807) is 6.07 Å². The van der Waals surface area contributed by atoms with Gasteiger partial charge in [0.25, 0.3) is 5.69 Å². The number of nitriles is 1. The fourth-order valence-electron chi connectivity index (χ4n) is 0.835. The van der Waals surface area contributed by atoms with Crippen molar-refractivity contribution in [2.75, 3.05) is 5.73 Å². The molecule has 0 aliphatic carbocycles. The second kappa shape index (κ2) is 3.41. The van der Waals surface area contributed by atoms with Crippen LogP contribution in [0.3, 0.4) is 0 Å². The van der Waals surface area contributed by atoms with Gasteiger partial charge in [0, 0.05) is 6.07 Å². The lowest BCUT2D eigenvalue weighted by molar-refractivity contribution is -0.385. The van der Waals surface area contributed by atoms with Gasteiger partial charge < -0.3 is 5.73 Å². The molecule has 6 heteroatoms. The first-order valence-corrected chi connectivity index (χ1v) is 3.99. The summed E-state index contributed by atoms with van der Waals surface area (Å²) >= 11 is 2.95. The molecule has 0 aromatic heterocycles. The van der Waals surface area contributed by atoms with Crippen LogP contribution in [0, 0.1) is 21.4 Å². The largest absolute Gasteiger partial charge is 0.398 e. The predicted octanol–water partition coefficient (Wildman–Crippen LogP) is 1.81. The summed E-state index contributed by atoms with van der Waals surface area (Å²) in [5.41, 5.74) is 5.58. The van der Waals surface area contributed by atoms with E-state index < -0.39 is 4.92 Å². The Morgan fingerprint density at radius 1 is 1.62 bits per heavy atom. The quantitative estimate of drug-likeness (QED) is 0.461. The number of nitro groups is 1. The van der Waals surface area contributed by atoms with Crippen LogP contribution in [0.4, 0.5) is 11.4 Å². The maximum absolute atomic E-state index is 10.4. The molecule has 0 atom stereocenters. The van der Waals surface area contributed by atoms with Crippen molar-refractivity contribution in [1.29, 1.82) is 5.26 Å². The molecule has 1 aromatic rings. The Kier molecular flexibility index (Phi) is 2.49. The van der Waals surface area contributed by atoms with E-state index >= 15 is 0 Å². The monoisotopic (exact) mass is 241 g/mol. The van der Waals surface area contributed by atoms with Gasteiger partial charge in [-0.15, -0.1) is 0 Å². The molecule has 0 radical (unpaired) electrons. The van der Waals surface area contributed by atoms with Crippen LogP contribution in [0.25, 0.3) is 0 Å². The minimum atomic E-state index is -0.579. The molecule has 5 nitrogen and oxygen atoms in total. The lowest BCUT2D eigenvalue weighted by atomic mass is 10.2. The van der Waals surface area contributed by atoms with Gasteiger partial charge in [-0.25, -0.2) is 0 Å². The highest BCUT2D eigenvalue weighted by atomic mass is 79.9. The highest BCUT2D eigenvalue weighted by Crippen LogP contribution is 2.31. The third-order valence-corrected chi connectivity index (χ3v) is 2.27. The van der Waals surface area contributed by atoms with Crippen molar-refractivity contribution < 1.29 is 4.92 Å². The Hall–Kier alpha value is -1.61. The third kappa shape index (κ3) is 1.60. The highest BCUT2D eigenvalue weighted by Gasteiger charge is 2.16. The number of halogens is 1. The molecule has 0 aliphatic rings. The topological polar surface area (TPSA) is 93.0 Å². The van der Waals surface area contributed by atoms with E-state index in [4.69, 9.17) is 11.0 Å². The van der Waals surface area contributed by atoms with Crippen molar-refractivity contribution in [3.05, 3.63) is 32.3 Å². The van der Waals surface area contributed by atoms with Gasteiger partial charge in [0.05, 0.1) is 16.2 Å². The molecule has 13 heavy (non-hydrogen) atoms. The van der Waals surface area contributed by atoms with Gasteiger partial charge >= 0.3 is 0 Å². The van der Waals surface area contributed by atoms with Crippen molar-refractivity contribution in [3.8, 4) is 6.07 Å². The number of nitrogens with zero attached hydrogens (tertiary/aromatic N) is 2. The van der Waals surface area contributed by atoms with E-state index in [1.807, 2.05) is 0 Å². The number of hydrogen-bond donors (Lipinski definition) is 1. The van der Waals surface area contributed by atoms with Crippen LogP contribution in [0.15, 0.2) is 16.6 Å². The molecule has 66 valence electrons. The molecule has 0 fully saturated rings. The SMILES string of the molecule is N#Cc1c(N)ccc([N+](=O)[O-])c1Br. The van der Waals surface area contributed by atoms with Crippen molar-refractivity contribution in [2.24, 2.45) is 0 Å². The Morgan fingerprint density at radius 2 is 2.23 bits per heavy atom. The number of nitrogens with two attached hydrogens (primary N) is 1. The maximum atomic E-state index is 10.4. The van der Waals surface area contributed by atoms with Gasteiger partial charge in [0.2, 0.25) is 0 Å². The summed E-state index contributed by atoms with van der Waals surface area (Å²) in [5, 5.41) is 19.0. The van der Waals surface area contributed by atoms with Crippen molar-refractivity contribution >= 4 is 27.3 Å². The molecular formula is C7H4BrN3O2. The zero-order chi connectivity index (χ0) is 10.0. The van der Waals surface area contributed by atoms with Crippen LogP contribution < -0.4 is 5.73 Å². The van der Waals surface area contributed by atoms with Crippen molar-refractivity contribution in [3.63, 3.8) is 0 Å². The summed E-state index contributed by atoms with van der Waals surface area (Å²) in [5.74, 6) is 0. The van der Waals surface area contributed by atoms with E-state index in [2.05, 4.69) is 15.9 Å². The van der Waals surface area contributed by atoms with Gasteiger partial charge in [0.15, 0.2) is 0 Å². The van der Waals surface area contributed by atoms with Crippen molar-refractivity contribution in [1.82, 2.24) is 0 Å². The zero-order valence-corrected chi connectivity index (χ0v) is 7.91. The number of anilines is 1. The van der Waals surface area contributed by atoms with Crippen LogP contribution >= 0.6 is 15.9 Å². The molecule has 1 aromatic carbocycles. The number of rotatable bonds is 1. The molecule has 0 saturated heterocycles. The fourth-order valence-corrected chi connectivity index (χ4v) is 1.43. The Balaban J connectivity index is 3.47. The summed E-state index contributed by atoms with van der Waals surface area (Å²) in [4.78, 5) is 9.85. The standard InChI is InChI=1S/C7H4BrN3O2/c8-7-4(3-9)5(10)1-2-6(7)11(12)13/h1-2H,10H2. The van der Waals surface area contributed by atoms with Gasteiger partial charge in [-0.1, -0.05) is 0 Å². The normalized spacial score (nSPS) is 9.23. The predicted molar refractivity (Wildman–Crippen MR) is 49.9 cm³/mol. The summed E-state index contributed by atoms with van der Waals surface area (Å²) in [7, 11) is 0. The summed E-state index contributed by atoms with van der Waals surface area (Å²) < 4.78 is 0.125.